The standard InChI is InChI=1S/C14H22BrNO2/c1-17-9-5-3-4-8-16-11-12-10-13(15)6-7-14(12)18-2/h6-7,10,16H,3-5,8-9,11H2,1-2H3. The number of unbranched alkanes of at least 4 members (excludes halogenated alkanes) is 2. The Hall–Kier alpha value is -0.580. The highest BCUT2D eigenvalue weighted by Gasteiger charge is 2.02. The Labute approximate surface area is 118 Å². The van der Waals surface area contributed by atoms with Crippen LogP contribution in [0.5, 0.6) is 5.75 Å². The summed E-state index contributed by atoms with van der Waals surface area (Å²) in [6, 6.07) is 6.07. The van der Waals surface area contributed by atoms with Crippen LogP contribution in [0.25, 0.3) is 0 Å². The summed E-state index contributed by atoms with van der Waals surface area (Å²) >= 11 is 3.48. The van der Waals surface area contributed by atoms with E-state index in [2.05, 4.69) is 27.3 Å². The zero-order valence-corrected chi connectivity index (χ0v) is 12.8. The highest BCUT2D eigenvalue weighted by molar-refractivity contribution is 9.10. The van der Waals surface area contributed by atoms with E-state index in [1.807, 2.05) is 12.1 Å². The molecule has 4 heteroatoms. The minimum atomic E-state index is 0.840. The lowest BCUT2D eigenvalue weighted by atomic mass is 10.2. The van der Waals surface area contributed by atoms with E-state index in [-0.39, 0.29) is 0 Å². The molecule has 0 saturated carbocycles. The number of rotatable bonds is 9. The third-order valence-electron chi connectivity index (χ3n) is 2.76. The maximum absolute atomic E-state index is 5.33. The van der Waals surface area contributed by atoms with Crippen LogP contribution in [-0.4, -0.2) is 27.4 Å². The molecule has 0 saturated heterocycles. The zero-order valence-electron chi connectivity index (χ0n) is 11.2. The Kier molecular flexibility index (Phi) is 8.05. The van der Waals surface area contributed by atoms with Crippen molar-refractivity contribution < 1.29 is 9.47 Å². The summed E-state index contributed by atoms with van der Waals surface area (Å²) in [5.74, 6) is 0.935. The molecule has 18 heavy (non-hydrogen) atoms. The average molecular weight is 316 g/mol. The van der Waals surface area contributed by atoms with E-state index in [0.717, 1.165) is 36.3 Å². The predicted molar refractivity (Wildman–Crippen MR) is 78.1 cm³/mol. The first-order chi connectivity index (χ1) is 8.77. The van der Waals surface area contributed by atoms with Gasteiger partial charge in [-0.3, -0.25) is 0 Å². The molecule has 0 bridgehead atoms. The van der Waals surface area contributed by atoms with Crippen LogP contribution in [0.3, 0.4) is 0 Å². The first-order valence-electron chi connectivity index (χ1n) is 6.30. The lowest BCUT2D eigenvalue weighted by Crippen LogP contribution is -2.15. The third kappa shape index (κ3) is 5.85. The van der Waals surface area contributed by atoms with Crippen molar-refractivity contribution in [2.45, 2.75) is 25.8 Å². The lowest BCUT2D eigenvalue weighted by Gasteiger charge is -2.10. The Morgan fingerprint density at radius 1 is 1.17 bits per heavy atom. The van der Waals surface area contributed by atoms with Gasteiger partial charge in [-0.25, -0.2) is 0 Å². The van der Waals surface area contributed by atoms with Crippen LogP contribution in [0.1, 0.15) is 24.8 Å². The van der Waals surface area contributed by atoms with E-state index in [1.165, 1.54) is 18.4 Å². The number of hydrogen-bond donors (Lipinski definition) is 1. The molecule has 1 rings (SSSR count). The number of benzene rings is 1. The van der Waals surface area contributed by atoms with Crippen LogP contribution in [0.4, 0.5) is 0 Å². The van der Waals surface area contributed by atoms with Gasteiger partial charge in [0.25, 0.3) is 0 Å². The van der Waals surface area contributed by atoms with E-state index in [1.54, 1.807) is 14.2 Å². The minimum absolute atomic E-state index is 0.840. The summed E-state index contributed by atoms with van der Waals surface area (Å²) in [5, 5.41) is 3.44. The number of ether oxygens (including phenoxy) is 2. The van der Waals surface area contributed by atoms with Crippen molar-refractivity contribution in [3.05, 3.63) is 28.2 Å². The van der Waals surface area contributed by atoms with Crippen molar-refractivity contribution in [1.82, 2.24) is 5.32 Å². The van der Waals surface area contributed by atoms with Gasteiger partial charge in [-0.2, -0.15) is 0 Å². The molecule has 102 valence electrons. The molecule has 0 heterocycles. The maximum Gasteiger partial charge on any atom is 0.123 e. The smallest absolute Gasteiger partial charge is 0.123 e. The molecule has 1 aromatic rings. The first kappa shape index (κ1) is 15.5. The van der Waals surface area contributed by atoms with Gasteiger partial charge in [0.15, 0.2) is 0 Å². The van der Waals surface area contributed by atoms with Crippen LogP contribution >= 0.6 is 15.9 Å². The molecule has 0 amide bonds. The van der Waals surface area contributed by atoms with E-state index >= 15 is 0 Å². The van der Waals surface area contributed by atoms with Crippen molar-refractivity contribution >= 4 is 15.9 Å². The first-order valence-corrected chi connectivity index (χ1v) is 7.09. The lowest BCUT2D eigenvalue weighted by molar-refractivity contribution is 0.192. The van der Waals surface area contributed by atoms with E-state index < -0.39 is 0 Å². The monoisotopic (exact) mass is 315 g/mol. The van der Waals surface area contributed by atoms with Crippen molar-refractivity contribution in [2.24, 2.45) is 0 Å². The largest absolute Gasteiger partial charge is 0.496 e. The topological polar surface area (TPSA) is 30.5 Å². The third-order valence-corrected chi connectivity index (χ3v) is 3.25. The SMILES string of the molecule is COCCCCCNCc1cc(Br)ccc1OC. The van der Waals surface area contributed by atoms with Crippen molar-refractivity contribution in [3.63, 3.8) is 0 Å². The molecule has 0 aliphatic rings. The number of halogens is 1. The molecule has 0 radical (unpaired) electrons. The fourth-order valence-corrected chi connectivity index (χ4v) is 2.19. The highest BCUT2D eigenvalue weighted by atomic mass is 79.9. The molecule has 1 N–H and O–H groups in total. The number of nitrogens with one attached hydrogen (secondary N) is 1. The molecule has 0 aliphatic carbocycles. The van der Waals surface area contributed by atoms with Gasteiger partial charge in [-0.05, 0) is 44.0 Å². The summed E-state index contributed by atoms with van der Waals surface area (Å²) in [7, 11) is 3.45. The van der Waals surface area contributed by atoms with Gasteiger partial charge in [0.2, 0.25) is 0 Å². The Morgan fingerprint density at radius 3 is 2.72 bits per heavy atom. The second-order valence-electron chi connectivity index (χ2n) is 4.19. The summed E-state index contributed by atoms with van der Waals surface area (Å²) in [6.45, 7) is 2.73. The molecule has 0 spiro atoms. The zero-order chi connectivity index (χ0) is 13.2. The summed E-state index contributed by atoms with van der Waals surface area (Å²) in [5.41, 5.74) is 1.18. The van der Waals surface area contributed by atoms with E-state index in [4.69, 9.17) is 9.47 Å². The van der Waals surface area contributed by atoms with Gasteiger partial charge in [-0.15, -0.1) is 0 Å². The van der Waals surface area contributed by atoms with Crippen molar-refractivity contribution in [2.75, 3.05) is 27.4 Å². The normalized spacial score (nSPS) is 10.6. The van der Waals surface area contributed by atoms with Crippen LogP contribution in [-0.2, 0) is 11.3 Å². The van der Waals surface area contributed by atoms with Crippen LogP contribution in [0.15, 0.2) is 22.7 Å². The minimum Gasteiger partial charge on any atom is -0.496 e. The Morgan fingerprint density at radius 2 is 2.00 bits per heavy atom. The quantitative estimate of drug-likeness (QED) is 0.709. The van der Waals surface area contributed by atoms with Crippen LogP contribution in [0.2, 0.25) is 0 Å². The second kappa shape index (κ2) is 9.36. The molecule has 1 aromatic carbocycles. The Balaban J connectivity index is 2.24. The highest BCUT2D eigenvalue weighted by Crippen LogP contribution is 2.22. The van der Waals surface area contributed by atoms with Gasteiger partial charge in [0.1, 0.15) is 5.75 Å². The average Bonchev–Trinajstić information content (AvgIpc) is 2.38. The summed E-state index contributed by atoms with van der Waals surface area (Å²) in [4.78, 5) is 0. The van der Waals surface area contributed by atoms with Crippen molar-refractivity contribution in [3.8, 4) is 5.75 Å². The molecule has 3 nitrogen and oxygen atoms in total. The van der Waals surface area contributed by atoms with E-state index in [9.17, 15) is 0 Å². The summed E-state index contributed by atoms with van der Waals surface area (Å²) in [6.07, 6.45) is 3.52. The number of hydrogen-bond acceptors (Lipinski definition) is 3. The maximum atomic E-state index is 5.33. The van der Waals surface area contributed by atoms with E-state index in [0.29, 0.717) is 0 Å². The molecular weight excluding hydrogens is 294 g/mol. The van der Waals surface area contributed by atoms with Crippen LogP contribution in [0, 0.1) is 0 Å². The molecule has 0 aromatic heterocycles. The Bertz CT molecular complexity index is 345. The van der Waals surface area contributed by atoms with Gasteiger partial charge < -0.3 is 14.8 Å². The summed E-state index contributed by atoms with van der Waals surface area (Å²) < 4.78 is 11.4. The van der Waals surface area contributed by atoms with Gasteiger partial charge in [-0.1, -0.05) is 15.9 Å². The fourth-order valence-electron chi connectivity index (χ4n) is 1.78. The van der Waals surface area contributed by atoms with Crippen LogP contribution < -0.4 is 10.1 Å². The predicted octanol–water partition coefficient (Wildman–Crippen LogP) is 3.36. The van der Waals surface area contributed by atoms with Gasteiger partial charge in [0.05, 0.1) is 7.11 Å². The second-order valence-corrected chi connectivity index (χ2v) is 5.10. The molecular formula is C14H22BrNO2. The fraction of sp³-hybridized carbons (Fsp3) is 0.571. The molecule has 0 unspecified atom stereocenters. The molecule has 0 atom stereocenters. The van der Waals surface area contributed by atoms with Gasteiger partial charge in [0, 0.05) is 30.3 Å². The van der Waals surface area contributed by atoms with Crippen molar-refractivity contribution in [1.29, 1.82) is 0 Å². The molecule has 0 fully saturated rings. The molecule has 0 aliphatic heterocycles. The number of methoxy groups -OCH3 is 2. The van der Waals surface area contributed by atoms with Gasteiger partial charge >= 0.3 is 0 Å².